The van der Waals surface area contributed by atoms with Gasteiger partial charge in [0.05, 0.1) is 32.5 Å². The van der Waals surface area contributed by atoms with E-state index in [0.717, 1.165) is 16.7 Å². The first kappa shape index (κ1) is 20.6. The Kier molecular flexibility index (Phi) is 7.03. The number of benzene rings is 2. The summed E-state index contributed by atoms with van der Waals surface area (Å²) in [5.74, 6) is 0.331. The molecule has 0 atom stereocenters. The Hall–Kier alpha value is -3.12. The van der Waals surface area contributed by atoms with E-state index >= 15 is 0 Å². The van der Waals surface area contributed by atoms with E-state index in [0.29, 0.717) is 44.2 Å². The second kappa shape index (κ2) is 9.89. The molecule has 0 saturated carbocycles. The lowest BCUT2D eigenvalue weighted by atomic mass is 10.0. The maximum Gasteiger partial charge on any atom is 0.338 e. The van der Waals surface area contributed by atoms with Crippen molar-refractivity contribution in [3.63, 3.8) is 0 Å². The Morgan fingerprint density at radius 2 is 1.83 bits per heavy atom. The lowest BCUT2D eigenvalue weighted by molar-refractivity contribution is -0.129. The van der Waals surface area contributed by atoms with Crippen LogP contribution in [0.2, 0.25) is 0 Å². The fourth-order valence-corrected chi connectivity index (χ4v) is 3.11. The van der Waals surface area contributed by atoms with Gasteiger partial charge in [-0.15, -0.1) is 0 Å². The van der Waals surface area contributed by atoms with E-state index in [-0.39, 0.29) is 11.9 Å². The second-order valence-corrected chi connectivity index (χ2v) is 6.53. The summed E-state index contributed by atoms with van der Waals surface area (Å²) in [4.78, 5) is 25.8. The van der Waals surface area contributed by atoms with Gasteiger partial charge in [0, 0.05) is 24.7 Å². The van der Waals surface area contributed by atoms with Crippen molar-refractivity contribution in [2.75, 3.05) is 40.0 Å². The average Bonchev–Trinajstić information content (AvgIpc) is 2.78. The van der Waals surface area contributed by atoms with Crippen molar-refractivity contribution >= 4 is 18.0 Å². The lowest BCUT2D eigenvalue weighted by Gasteiger charge is -2.25. The van der Waals surface area contributed by atoms with Gasteiger partial charge in [0.25, 0.3) is 0 Å². The van der Waals surface area contributed by atoms with Gasteiger partial charge < -0.3 is 19.1 Å². The molecule has 1 fully saturated rings. The number of carbonyl (C=O) groups is 2. The van der Waals surface area contributed by atoms with E-state index in [1.54, 1.807) is 43.2 Å². The summed E-state index contributed by atoms with van der Waals surface area (Å²) >= 11 is 0. The van der Waals surface area contributed by atoms with Crippen molar-refractivity contribution in [3.8, 4) is 16.9 Å². The van der Waals surface area contributed by atoms with Gasteiger partial charge in [-0.2, -0.15) is 0 Å². The van der Waals surface area contributed by atoms with Crippen LogP contribution in [0.1, 0.15) is 22.8 Å². The predicted octanol–water partition coefficient (Wildman–Crippen LogP) is 3.41. The highest BCUT2D eigenvalue weighted by molar-refractivity contribution is 5.92. The van der Waals surface area contributed by atoms with Gasteiger partial charge in [0.2, 0.25) is 5.91 Å². The zero-order valence-corrected chi connectivity index (χ0v) is 16.7. The summed E-state index contributed by atoms with van der Waals surface area (Å²) in [6.07, 6.45) is 3.36. The molecule has 0 unspecified atom stereocenters. The maximum atomic E-state index is 12.3. The first-order valence-corrected chi connectivity index (χ1v) is 9.62. The van der Waals surface area contributed by atoms with E-state index in [1.165, 1.54) is 0 Å². The van der Waals surface area contributed by atoms with Crippen LogP contribution in [0.15, 0.2) is 48.5 Å². The molecule has 0 bridgehead atoms. The summed E-state index contributed by atoms with van der Waals surface area (Å²) in [5.41, 5.74) is 3.21. The number of methoxy groups -OCH3 is 1. The fourth-order valence-electron chi connectivity index (χ4n) is 3.11. The van der Waals surface area contributed by atoms with E-state index < -0.39 is 0 Å². The fraction of sp³-hybridized carbons (Fsp3) is 0.304. The molecule has 1 aliphatic rings. The second-order valence-electron chi connectivity index (χ2n) is 6.53. The molecule has 0 radical (unpaired) electrons. The number of hydrogen-bond acceptors (Lipinski definition) is 5. The smallest absolute Gasteiger partial charge is 0.338 e. The summed E-state index contributed by atoms with van der Waals surface area (Å²) in [6.45, 7) is 4.52. The molecule has 152 valence electrons. The van der Waals surface area contributed by atoms with Gasteiger partial charge in [0.15, 0.2) is 0 Å². The number of rotatable bonds is 6. The number of carbonyl (C=O) groups excluding carboxylic acids is 2. The zero-order valence-electron chi connectivity index (χ0n) is 16.7. The molecule has 1 saturated heterocycles. The number of esters is 1. The topological polar surface area (TPSA) is 65.1 Å². The normalized spacial score (nSPS) is 14.1. The molecule has 1 heterocycles. The number of ether oxygens (including phenoxy) is 3. The molecule has 0 spiro atoms. The molecule has 6 nitrogen and oxygen atoms in total. The van der Waals surface area contributed by atoms with Crippen LogP contribution < -0.4 is 4.74 Å². The SMILES string of the molecule is CCOC(=O)c1ccc(-c2ccc(/C=C/C(=O)N3CCOCC3)cc2OC)cc1. The highest BCUT2D eigenvalue weighted by atomic mass is 16.5. The van der Waals surface area contributed by atoms with Gasteiger partial charge in [-0.05, 0) is 42.3 Å². The van der Waals surface area contributed by atoms with Crippen molar-refractivity contribution in [3.05, 3.63) is 59.7 Å². The number of amides is 1. The molecule has 1 aliphatic heterocycles. The number of hydrogen-bond donors (Lipinski definition) is 0. The Balaban J connectivity index is 1.75. The third-order valence-electron chi connectivity index (χ3n) is 4.67. The largest absolute Gasteiger partial charge is 0.496 e. The van der Waals surface area contributed by atoms with E-state index in [9.17, 15) is 9.59 Å². The molecule has 0 aliphatic carbocycles. The number of morpholine rings is 1. The molecular formula is C23H25NO5. The minimum Gasteiger partial charge on any atom is -0.496 e. The molecule has 6 heteroatoms. The van der Waals surface area contributed by atoms with E-state index in [2.05, 4.69) is 0 Å². The van der Waals surface area contributed by atoms with Crippen LogP contribution in [0.25, 0.3) is 17.2 Å². The van der Waals surface area contributed by atoms with Crippen LogP contribution in [-0.4, -0.2) is 56.8 Å². The quantitative estimate of drug-likeness (QED) is 0.554. The van der Waals surface area contributed by atoms with E-state index in [1.807, 2.05) is 30.3 Å². The summed E-state index contributed by atoms with van der Waals surface area (Å²) in [5, 5.41) is 0. The zero-order chi connectivity index (χ0) is 20.6. The van der Waals surface area contributed by atoms with Crippen molar-refractivity contribution < 1.29 is 23.8 Å². The molecule has 0 aromatic heterocycles. The maximum absolute atomic E-state index is 12.3. The van der Waals surface area contributed by atoms with Crippen LogP contribution in [0, 0.1) is 0 Å². The molecule has 3 rings (SSSR count). The van der Waals surface area contributed by atoms with Crippen molar-refractivity contribution in [1.29, 1.82) is 0 Å². The standard InChI is InChI=1S/C23H25NO5/c1-3-29-23(26)19-8-6-18(7-9-19)20-10-4-17(16-21(20)27-2)5-11-22(25)24-12-14-28-15-13-24/h4-11,16H,3,12-15H2,1-2H3/b11-5+. The molecule has 1 amide bonds. The summed E-state index contributed by atoms with van der Waals surface area (Å²) in [7, 11) is 1.61. The minimum atomic E-state index is -0.337. The highest BCUT2D eigenvalue weighted by Crippen LogP contribution is 2.31. The minimum absolute atomic E-state index is 0.0223. The highest BCUT2D eigenvalue weighted by Gasteiger charge is 2.14. The van der Waals surface area contributed by atoms with Crippen LogP contribution in [-0.2, 0) is 14.3 Å². The van der Waals surface area contributed by atoms with Gasteiger partial charge >= 0.3 is 5.97 Å². The monoisotopic (exact) mass is 395 g/mol. The summed E-state index contributed by atoms with van der Waals surface area (Å²) in [6, 6.07) is 13.0. The molecule has 2 aromatic rings. The average molecular weight is 395 g/mol. The van der Waals surface area contributed by atoms with Crippen LogP contribution in [0.4, 0.5) is 0 Å². The predicted molar refractivity (Wildman–Crippen MR) is 111 cm³/mol. The van der Waals surface area contributed by atoms with Gasteiger partial charge in [-0.25, -0.2) is 4.79 Å². The molecule has 0 N–H and O–H groups in total. The van der Waals surface area contributed by atoms with Crippen molar-refractivity contribution in [2.24, 2.45) is 0 Å². The third-order valence-corrected chi connectivity index (χ3v) is 4.67. The van der Waals surface area contributed by atoms with Gasteiger partial charge in [0.1, 0.15) is 5.75 Å². The Morgan fingerprint density at radius 3 is 2.48 bits per heavy atom. The first-order chi connectivity index (χ1) is 14.1. The number of nitrogens with zero attached hydrogens (tertiary/aromatic N) is 1. The van der Waals surface area contributed by atoms with Crippen molar-refractivity contribution in [2.45, 2.75) is 6.92 Å². The Morgan fingerprint density at radius 1 is 1.10 bits per heavy atom. The van der Waals surface area contributed by atoms with Gasteiger partial charge in [-0.3, -0.25) is 4.79 Å². The molecular weight excluding hydrogens is 370 g/mol. The van der Waals surface area contributed by atoms with Crippen molar-refractivity contribution in [1.82, 2.24) is 4.90 Å². The molecule has 2 aromatic carbocycles. The van der Waals surface area contributed by atoms with Crippen LogP contribution >= 0.6 is 0 Å². The van der Waals surface area contributed by atoms with Crippen LogP contribution in [0.5, 0.6) is 5.75 Å². The summed E-state index contributed by atoms with van der Waals surface area (Å²) < 4.78 is 15.8. The Bertz CT molecular complexity index is 883. The molecule has 29 heavy (non-hydrogen) atoms. The first-order valence-electron chi connectivity index (χ1n) is 9.62. The van der Waals surface area contributed by atoms with Gasteiger partial charge in [-0.1, -0.05) is 24.3 Å². The third kappa shape index (κ3) is 5.23. The van der Waals surface area contributed by atoms with E-state index in [4.69, 9.17) is 14.2 Å². The van der Waals surface area contributed by atoms with Crippen LogP contribution in [0.3, 0.4) is 0 Å². The lowest BCUT2D eigenvalue weighted by Crippen LogP contribution is -2.39. The Labute approximate surface area is 170 Å².